The van der Waals surface area contributed by atoms with E-state index in [9.17, 15) is 4.79 Å². The van der Waals surface area contributed by atoms with Gasteiger partial charge in [-0.3, -0.25) is 4.79 Å². The first-order valence-corrected chi connectivity index (χ1v) is 11.2. The van der Waals surface area contributed by atoms with E-state index in [4.69, 9.17) is 9.84 Å². The van der Waals surface area contributed by atoms with Gasteiger partial charge in [-0.2, -0.15) is 0 Å². The summed E-state index contributed by atoms with van der Waals surface area (Å²) in [6.07, 6.45) is 19.4. The molecule has 0 aliphatic carbocycles. The van der Waals surface area contributed by atoms with Gasteiger partial charge in [0.15, 0.2) is 0 Å². The molecule has 0 spiro atoms. The summed E-state index contributed by atoms with van der Waals surface area (Å²) < 4.78 is 5.29. The molecule has 0 fully saturated rings. The predicted molar refractivity (Wildman–Crippen MR) is 113 cm³/mol. The minimum atomic E-state index is -0.116. The molecule has 0 saturated carbocycles. The van der Waals surface area contributed by atoms with Gasteiger partial charge in [-0.25, -0.2) is 0 Å². The van der Waals surface area contributed by atoms with Gasteiger partial charge in [0.25, 0.3) is 0 Å². The Hall–Kier alpha value is -1.35. The van der Waals surface area contributed by atoms with Crippen LogP contribution in [-0.4, -0.2) is 17.7 Å². The van der Waals surface area contributed by atoms with Gasteiger partial charge in [-0.1, -0.05) is 102 Å². The Balaban J connectivity index is 1.76. The zero-order valence-corrected chi connectivity index (χ0v) is 17.2. The third-order valence-corrected chi connectivity index (χ3v) is 5.01. The second-order valence-electron chi connectivity index (χ2n) is 7.56. The van der Waals surface area contributed by atoms with Crippen molar-refractivity contribution in [2.75, 3.05) is 6.61 Å². The van der Waals surface area contributed by atoms with Crippen LogP contribution in [0, 0.1) is 0 Å². The van der Waals surface area contributed by atoms with Crippen LogP contribution in [0.15, 0.2) is 30.3 Å². The van der Waals surface area contributed by atoms with Crippen molar-refractivity contribution < 1.29 is 14.6 Å². The maximum absolute atomic E-state index is 11.7. The van der Waals surface area contributed by atoms with Crippen molar-refractivity contribution in [1.82, 2.24) is 0 Å². The van der Waals surface area contributed by atoms with Crippen LogP contribution in [0.1, 0.15) is 103 Å². The molecule has 0 aliphatic rings. The first-order valence-electron chi connectivity index (χ1n) is 11.2. The average Bonchev–Trinajstić information content (AvgIpc) is 2.68. The molecule has 154 valence electrons. The molecule has 1 aromatic carbocycles. The molecule has 1 rings (SSSR count). The van der Waals surface area contributed by atoms with E-state index in [0.29, 0.717) is 18.8 Å². The van der Waals surface area contributed by atoms with Crippen molar-refractivity contribution in [1.29, 1.82) is 0 Å². The number of carbonyl (C=O) groups is 1. The first-order chi connectivity index (χ1) is 13.3. The molecule has 0 atom stereocenters. The summed E-state index contributed by atoms with van der Waals surface area (Å²) in [5.74, 6) is 0.527. The smallest absolute Gasteiger partial charge is 0.311 e. The second-order valence-corrected chi connectivity index (χ2v) is 7.56. The summed E-state index contributed by atoms with van der Waals surface area (Å²) >= 11 is 0. The Kier molecular flexibility index (Phi) is 15.8. The number of rotatable bonds is 18. The van der Waals surface area contributed by atoms with Crippen molar-refractivity contribution in [3.8, 4) is 5.75 Å². The highest BCUT2D eigenvalue weighted by Crippen LogP contribution is 2.14. The van der Waals surface area contributed by atoms with Crippen LogP contribution in [0.25, 0.3) is 0 Å². The van der Waals surface area contributed by atoms with Crippen molar-refractivity contribution in [2.45, 2.75) is 103 Å². The summed E-state index contributed by atoms with van der Waals surface area (Å²) in [4.78, 5) is 11.7. The Morgan fingerprint density at radius 2 is 1.04 bits per heavy atom. The van der Waals surface area contributed by atoms with Crippen molar-refractivity contribution in [3.05, 3.63) is 30.3 Å². The third kappa shape index (κ3) is 15.4. The van der Waals surface area contributed by atoms with E-state index in [2.05, 4.69) is 0 Å². The lowest BCUT2D eigenvalue weighted by atomic mass is 10.0. The zero-order valence-electron chi connectivity index (χ0n) is 17.2. The maximum Gasteiger partial charge on any atom is 0.311 e. The van der Waals surface area contributed by atoms with E-state index >= 15 is 0 Å². The van der Waals surface area contributed by atoms with Crippen LogP contribution in [0.3, 0.4) is 0 Å². The number of unbranched alkanes of at least 4 members (excludes halogenated alkanes) is 14. The zero-order chi connectivity index (χ0) is 19.4. The fourth-order valence-corrected chi connectivity index (χ4v) is 3.35. The molecule has 27 heavy (non-hydrogen) atoms. The highest BCUT2D eigenvalue weighted by molar-refractivity contribution is 5.72. The van der Waals surface area contributed by atoms with E-state index in [1.807, 2.05) is 30.3 Å². The van der Waals surface area contributed by atoms with Crippen LogP contribution in [0.4, 0.5) is 0 Å². The third-order valence-electron chi connectivity index (χ3n) is 5.01. The molecule has 0 unspecified atom stereocenters. The Morgan fingerprint density at radius 1 is 0.630 bits per heavy atom. The van der Waals surface area contributed by atoms with Gasteiger partial charge in [-0.15, -0.1) is 0 Å². The van der Waals surface area contributed by atoms with Crippen molar-refractivity contribution in [2.24, 2.45) is 0 Å². The highest BCUT2D eigenvalue weighted by Gasteiger charge is 2.03. The fourth-order valence-electron chi connectivity index (χ4n) is 3.35. The topological polar surface area (TPSA) is 46.5 Å². The summed E-state index contributed by atoms with van der Waals surface area (Å²) in [7, 11) is 0. The van der Waals surface area contributed by atoms with Gasteiger partial charge >= 0.3 is 5.97 Å². The number of aliphatic hydroxyl groups excluding tert-OH is 1. The Morgan fingerprint density at radius 3 is 1.48 bits per heavy atom. The SMILES string of the molecule is O=C(CCCCCCCCCCCCCCCCCO)Oc1ccccc1. The summed E-state index contributed by atoms with van der Waals surface area (Å²) in [5.41, 5.74) is 0. The molecule has 0 bridgehead atoms. The lowest BCUT2D eigenvalue weighted by Crippen LogP contribution is -2.07. The number of para-hydroxylation sites is 1. The quantitative estimate of drug-likeness (QED) is 0.174. The van der Waals surface area contributed by atoms with E-state index in [0.717, 1.165) is 19.3 Å². The van der Waals surface area contributed by atoms with Crippen molar-refractivity contribution in [3.63, 3.8) is 0 Å². The number of esters is 1. The summed E-state index contributed by atoms with van der Waals surface area (Å²) in [6, 6.07) is 9.31. The highest BCUT2D eigenvalue weighted by atomic mass is 16.5. The molecule has 3 heteroatoms. The molecule has 0 saturated heterocycles. The van der Waals surface area contributed by atoms with E-state index < -0.39 is 0 Å². The largest absolute Gasteiger partial charge is 0.427 e. The van der Waals surface area contributed by atoms with Crippen molar-refractivity contribution >= 4 is 5.97 Å². The van der Waals surface area contributed by atoms with Gasteiger partial charge in [0.05, 0.1) is 0 Å². The number of ether oxygens (including phenoxy) is 1. The lowest BCUT2D eigenvalue weighted by molar-refractivity contribution is -0.134. The molecule has 0 radical (unpaired) electrons. The van der Waals surface area contributed by atoms with Gasteiger partial charge in [0.1, 0.15) is 5.75 Å². The lowest BCUT2D eigenvalue weighted by Gasteiger charge is -2.04. The van der Waals surface area contributed by atoms with Crippen LogP contribution in [0.2, 0.25) is 0 Å². The van der Waals surface area contributed by atoms with Crippen LogP contribution in [-0.2, 0) is 4.79 Å². The molecule has 0 aromatic heterocycles. The van der Waals surface area contributed by atoms with Crippen LogP contribution < -0.4 is 4.74 Å². The summed E-state index contributed by atoms with van der Waals surface area (Å²) in [5, 5.41) is 8.72. The second kappa shape index (κ2) is 18.0. The number of hydrogen-bond acceptors (Lipinski definition) is 3. The molecule has 0 heterocycles. The molecule has 1 aromatic rings. The number of benzene rings is 1. The van der Waals surface area contributed by atoms with Gasteiger partial charge in [-0.05, 0) is 25.0 Å². The van der Waals surface area contributed by atoms with E-state index in [-0.39, 0.29) is 5.97 Å². The molecular formula is C24H40O3. The number of hydrogen-bond donors (Lipinski definition) is 1. The molecule has 0 amide bonds. The Bertz CT molecular complexity index is 444. The Labute approximate surface area is 166 Å². The first kappa shape index (κ1) is 23.7. The minimum absolute atomic E-state index is 0.116. The number of aliphatic hydroxyl groups is 1. The molecule has 0 aliphatic heterocycles. The van der Waals surface area contributed by atoms with Crippen LogP contribution in [0.5, 0.6) is 5.75 Å². The molecule has 3 nitrogen and oxygen atoms in total. The maximum atomic E-state index is 11.7. The number of carbonyl (C=O) groups excluding carboxylic acids is 1. The standard InChI is InChI=1S/C24H40O3/c25-22-18-13-11-9-7-5-3-1-2-4-6-8-10-12-17-21-24(26)27-23-19-15-14-16-20-23/h14-16,19-20,25H,1-13,17-18,21-22H2. The monoisotopic (exact) mass is 376 g/mol. The van der Waals surface area contributed by atoms with E-state index in [1.54, 1.807) is 0 Å². The van der Waals surface area contributed by atoms with Gasteiger partial charge in [0.2, 0.25) is 0 Å². The van der Waals surface area contributed by atoms with Gasteiger partial charge < -0.3 is 9.84 Å². The summed E-state index contributed by atoms with van der Waals surface area (Å²) in [6.45, 7) is 0.348. The predicted octanol–water partition coefficient (Wildman–Crippen LogP) is 6.83. The fraction of sp³-hybridized carbons (Fsp3) is 0.708. The van der Waals surface area contributed by atoms with E-state index in [1.165, 1.54) is 77.0 Å². The normalized spacial score (nSPS) is 10.9. The molecular weight excluding hydrogens is 336 g/mol. The van der Waals surface area contributed by atoms with Crippen LogP contribution >= 0.6 is 0 Å². The average molecular weight is 377 g/mol. The minimum Gasteiger partial charge on any atom is -0.427 e. The molecule has 1 N–H and O–H groups in total. The van der Waals surface area contributed by atoms with Gasteiger partial charge in [0, 0.05) is 13.0 Å².